The molecule has 1 N–H and O–H groups in total. The number of nitrogens with zero attached hydrogens (tertiary/aromatic N) is 2. The Morgan fingerprint density at radius 3 is 3.00 bits per heavy atom. The lowest BCUT2D eigenvalue weighted by Crippen LogP contribution is -2.60. The van der Waals surface area contributed by atoms with Crippen molar-refractivity contribution >= 4 is 21.8 Å². The second-order valence-corrected chi connectivity index (χ2v) is 5.63. The minimum atomic E-state index is -0.174. The summed E-state index contributed by atoms with van der Waals surface area (Å²) in [4.78, 5) is 18.5. The highest BCUT2D eigenvalue weighted by atomic mass is 79.9. The minimum Gasteiger partial charge on any atom is -0.330 e. The van der Waals surface area contributed by atoms with Crippen molar-refractivity contribution in [2.75, 3.05) is 19.6 Å². The van der Waals surface area contributed by atoms with Gasteiger partial charge in [-0.3, -0.25) is 4.79 Å². The molecule has 0 saturated carbocycles. The van der Waals surface area contributed by atoms with E-state index in [1.165, 1.54) is 0 Å². The van der Waals surface area contributed by atoms with Crippen LogP contribution in [-0.2, 0) is 0 Å². The van der Waals surface area contributed by atoms with E-state index in [0.29, 0.717) is 5.69 Å². The van der Waals surface area contributed by atoms with Crippen molar-refractivity contribution in [1.29, 1.82) is 0 Å². The Hall–Kier alpha value is -0.940. The minimum absolute atomic E-state index is 0.0102. The maximum atomic E-state index is 12.4. The van der Waals surface area contributed by atoms with E-state index in [2.05, 4.69) is 40.1 Å². The number of halogens is 1. The average molecular weight is 298 g/mol. The molecule has 0 spiro atoms. The molecule has 4 nitrogen and oxygen atoms in total. The van der Waals surface area contributed by atoms with Crippen molar-refractivity contribution in [3.63, 3.8) is 0 Å². The molecule has 1 aromatic heterocycles. The summed E-state index contributed by atoms with van der Waals surface area (Å²) in [6.45, 7) is 6.49. The average Bonchev–Trinajstić information content (AvgIpc) is 2.28. The normalized spacial score (nSPS) is 19.1. The van der Waals surface area contributed by atoms with Gasteiger partial charge in [0.2, 0.25) is 0 Å². The number of hydrogen-bond donors (Lipinski definition) is 1. The molecular formula is C12H16BrN3O. The molecule has 0 unspecified atom stereocenters. The monoisotopic (exact) mass is 297 g/mol. The standard InChI is InChI=1S/C12H16BrN3O/c1-12(2)8-14-6-7-16(12)11(17)10-9(13)4-3-5-15-10/h3-5,14H,6-8H2,1-2H3. The van der Waals surface area contributed by atoms with Gasteiger partial charge in [-0.1, -0.05) is 0 Å². The first-order valence-corrected chi connectivity index (χ1v) is 6.45. The molecule has 1 saturated heterocycles. The van der Waals surface area contributed by atoms with Gasteiger partial charge >= 0.3 is 0 Å². The Kier molecular flexibility index (Phi) is 3.49. The Balaban J connectivity index is 2.28. The van der Waals surface area contributed by atoms with Crippen molar-refractivity contribution in [2.45, 2.75) is 19.4 Å². The van der Waals surface area contributed by atoms with Gasteiger partial charge < -0.3 is 10.2 Å². The molecule has 92 valence electrons. The zero-order chi connectivity index (χ0) is 12.5. The molecule has 1 amide bonds. The summed E-state index contributed by atoms with van der Waals surface area (Å²) >= 11 is 3.38. The van der Waals surface area contributed by atoms with Crippen LogP contribution in [0.4, 0.5) is 0 Å². The molecule has 0 aliphatic carbocycles. The highest BCUT2D eigenvalue weighted by Crippen LogP contribution is 2.22. The van der Waals surface area contributed by atoms with Gasteiger partial charge in [-0.25, -0.2) is 4.98 Å². The number of carbonyl (C=O) groups is 1. The number of carbonyl (C=O) groups excluding carboxylic acids is 1. The summed E-state index contributed by atoms with van der Waals surface area (Å²) in [6.07, 6.45) is 1.65. The molecule has 5 heteroatoms. The van der Waals surface area contributed by atoms with Crippen LogP contribution in [0.25, 0.3) is 0 Å². The maximum Gasteiger partial charge on any atom is 0.274 e. The smallest absolute Gasteiger partial charge is 0.274 e. The molecule has 17 heavy (non-hydrogen) atoms. The molecule has 0 bridgehead atoms. The molecule has 1 aromatic rings. The summed E-state index contributed by atoms with van der Waals surface area (Å²) in [7, 11) is 0. The second kappa shape index (κ2) is 4.74. The summed E-state index contributed by atoms with van der Waals surface area (Å²) in [5, 5.41) is 3.30. The lowest BCUT2D eigenvalue weighted by molar-refractivity contribution is 0.0470. The molecule has 0 radical (unpaired) electrons. The molecule has 1 aliphatic heterocycles. The van der Waals surface area contributed by atoms with Crippen molar-refractivity contribution < 1.29 is 4.79 Å². The number of pyridine rings is 1. The Morgan fingerprint density at radius 1 is 1.59 bits per heavy atom. The van der Waals surface area contributed by atoms with Crippen LogP contribution in [-0.4, -0.2) is 41.0 Å². The van der Waals surface area contributed by atoms with Gasteiger partial charge in [0.05, 0.1) is 5.54 Å². The fraction of sp³-hybridized carbons (Fsp3) is 0.500. The summed E-state index contributed by atoms with van der Waals surface area (Å²) in [5.74, 6) is -0.0102. The van der Waals surface area contributed by atoms with Crippen LogP contribution >= 0.6 is 15.9 Å². The highest BCUT2D eigenvalue weighted by Gasteiger charge is 2.34. The SMILES string of the molecule is CC1(C)CNCCN1C(=O)c1ncccc1Br. The first-order valence-electron chi connectivity index (χ1n) is 5.65. The van der Waals surface area contributed by atoms with E-state index in [0.717, 1.165) is 24.1 Å². The molecule has 2 heterocycles. The quantitative estimate of drug-likeness (QED) is 0.858. The van der Waals surface area contributed by atoms with Crippen LogP contribution in [0, 0.1) is 0 Å². The topological polar surface area (TPSA) is 45.2 Å². The number of aromatic nitrogens is 1. The van der Waals surface area contributed by atoms with Crippen LogP contribution in [0.15, 0.2) is 22.8 Å². The van der Waals surface area contributed by atoms with Crippen LogP contribution in [0.2, 0.25) is 0 Å². The largest absolute Gasteiger partial charge is 0.330 e. The zero-order valence-electron chi connectivity index (χ0n) is 10.0. The Labute approximate surface area is 110 Å². The van der Waals surface area contributed by atoms with Crippen molar-refractivity contribution in [3.8, 4) is 0 Å². The van der Waals surface area contributed by atoms with Crippen LogP contribution in [0.1, 0.15) is 24.3 Å². The van der Waals surface area contributed by atoms with E-state index >= 15 is 0 Å². The van der Waals surface area contributed by atoms with Gasteiger partial charge in [-0.05, 0) is 41.9 Å². The van der Waals surface area contributed by atoms with Gasteiger partial charge in [0.25, 0.3) is 5.91 Å². The summed E-state index contributed by atoms with van der Waals surface area (Å²) in [5.41, 5.74) is 0.314. The zero-order valence-corrected chi connectivity index (χ0v) is 11.6. The van der Waals surface area contributed by atoms with E-state index in [-0.39, 0.29) is 11.4 Å². The third-order valence-electron chi connectivity index (χ3n) is 3.01. The van der Waals surface area contributed by atoms with Gasteiger partial charge in [-0.15, -0.1) is 0 Å². The van der Waals surface area contributed by atoms with E-state index < -0.39 is 0 Å². The van der Waals surface area contributed by atoms with Crippen LogP contribution < -0.4 is 5.32 Å². The predicted octanol–water partition coefficient (Wildman–Crippen LogP) is 1.67. The van der Waals surface area contributed by atoms with Crippen molar-refractivity contribution in [2.24, 2.45) is 0 Å². The van der Waals surface area contributed by atoms with Gasteiger partial charge in [0.15, 0.2) is 0 Å². The summed E-state index contributed by atoms with van der Waals surface area (Å²) in [6, 6.07) is 3.65. The third kappa shape index (κ3) is 2.50. The van der Waals surface area contributed by atoms with Crippen LogP contribution in [0.3, 0.4) is 0 Å². The lowest BCUT2D eigenvalue weighted by Gasteiger charge is -2.42. The number of nitrogens with one attached hydrogen (secondary N) is 1. The van der Waals surface area contributed by atoms with Gasteiger partial charge in [0, 0.05) is 30.3 Å². The first-order chi connectivity index (χ1) is 8.02. The van der Waals surface area contributed by atoms with Gasteiger partial charge in [-0.2, -0.15) is 0 Å². The molecular weight excluding hydrogens is 282 g/mol. The number of hydrogen-bond acceptors (Lipinski definition) is 3. The number of piperazine rings is 1. The lowest BCUT2D eigenvalue weighted by atomic mass is 9.99. The summed E-state index contributed by atoms with van der Waals surface area (Å²) < 4.78 is 0.749. The molecule has 0 aromatic carbocycles. The van der Waals surface area contributed by atoms with E-state index in [4.69, 9.17) is 0 Å². The Bertz CT molecular complexity index is 434. The molecule has 1 aliphatic rings. The maximum absolute atomic E-state index is 12.4. The molecule has 2 rings (SSSR count). The van der Waals surface area contributed by atoms with Crippen LogP contribution in [0.5, 0.6) is 0 Å². The highest BCUT2D eigenvalue weighted by molar-refractivity contribution is 9.10. The van der Waals surface area contributed by atoms with E-state index in [1.54, 1.807) is 6.20 Å². The second-order valence-electron chi connectivity index (χ2n) is 4.78. The van der Waals surface area contributed by atoms with E-state index in [1.807, 2.05) is 17.0 Å². The molecule has 0 atom stereocenters. The fourth-order valence-electron chi connectivity index (χ4n) is 2.03. The first kappa shape index (κ1) is 12.5. The molecule has 1 fully saturated rings. The fourth-order valence-corrected chi connectivity index (χ4v) is 2.46. The number of rotatable bonds is 1. The van der Waals surface area contributed by atoms with Gasteiger partial charge in [0.1, 0.15) is 5.69 Å². The van der Waals surface area contributed by atoms with Crippen molar-refractivity contribution in [1.82, 2.24) is 15.2 Å². The Morgan fingerprint density at radius 2 is 2.35 bits per heavy atom. The third-order valence-corrected chi connectivity index (χ3v) is 3.65. The van der Waals surface area contributed by atoms with E-state index in [9.17, 15) is 4.79 Å². The predicted molar refractivity (Wildman–Crippen MR) is 69.9 cm³/mol. The number of amides is 1. The van der Waals surface area contributed by atoms with Crippen molar-refractivity contribution in [3.05, 3.63) is 28.5 Å².